The summed E-state index contributed by atoms with van der Waals surface area (Å²) in [7, 11) is 1.58. The van der Waals surface area contributed by atoms with Gasteiger partial charge >= 0.3 is 0 Å². The Labute approximate surface area is 146 Å². The number of fused-ring (bicyclic) bond motifs is 1. The van der Waals surface area contributed by atoms with Crippen molar-refractivity contribution in [2.24, 2.45) is 0 Å². The molecule has 3 heterocycles. The standard InChI is InChI=1S/C16H17N3O3S2/c1-10(7-22-2)18-13(20)6-19-9-17-15-14(16(19)21)11(8-24-15)12-4-3-5-23-12/h3-5,8-10H,6-7H2,1-2H3,(H,18,20)/t10-/m0/s1. The van der Waals surface area contributed by atoms with Crippen molar-refractivity contribution in [1.29, 1.82) is 0 Å². The summed E-state index contributed by atoms with van der Waals surface area (Å²) in [5.41, 5.74) is 0.684. The van der Waals surface area contributed by atoms with Gasteiger partial charge in [0.05, 0.1) is 18.3 Å². The Morgan fingerprint density at radius 2 is 2.29 bits per heavy atom. The molecule has 6 nitrogen and oxygen atoms in total. The molecule has 0 aliphatic rings. The predicted octanol–water partition coefficient (Wildman–Crippen LogP) is 2.34. The van der Waals surface area contributed by atoms with E-state index in [0.717, 1.165) is 10.4 Å². The molecule has 126 valence electrons. The minimum Gasteiger partial charge on any atom is -0.383 e. The molecule has 3 rings (SSSR count). The molecule has 0 spiro atoms. The third-order valence-electron chi connectivity index (χ3n) is 3.49. The Morgan fingerprint density at radius 1 is 1.46 bits per heavy atom. The number of hydrogen-bond acceptors (Lipinski definition) is 6. The van der Waals surface area contributed by atoms with E-state index in [2.05, 4.69) is 10.3 Å². The van der Waals surface area contributed by atoms with Gasteiger partial charge in [0.1, 0.15) is 11.4 Å². The molecule has 1 amide bonds. The summed E-state index contributed by atoms with van der Waals surface area (Å²) in [4.78, 5) is 30.9. The van der Waals surface area contributed by atoms with Crippen molar-refractivity contribution in [3.05, 3.63) is 39.6 Å². The van der Waals surface area contributed by atoms with E-state index in [1.54, 1.807) is 18.4 Å². The van der Waals surface area contributed by atoms with Crippen LogP contribution >= 0.6 is 22.7 Å². The van der Waals surface area contributed by atoms with Gasteiger partial charge in [0.15, 0.2) is 0 Å². The monoisotopic (exact) mass is 363 g/mol. The lowest BCUT2D eigenvalue weighted by molar-refractivity contribution is -0.122. The maximum Gasteiger partial charge on any atom is 0.263 e. The fourth-order valence-electron chi connectivity index (χ4n) is 2.46. The molecule has 0 aromatic carbocycles. The number of ether oxygens (including phenoxy) is 1. The van der Waals surface area contributed by atoms with E-state index in [4.69, 9.17) is 4.74 Å². The Balaban J connectivity index is 1.90. The number of nitrogens with one attached hydrogen (secondary N) is 1. The normalized spacial score (nSPS) is 12.4. The van der Waals surface area contributed by atoms with Crippen LogP contribution in [0.5, 0.6) is 0 Å². The summed E-state index contributed by atoms with van der Waals surface area (Å²) in [6, 6.07) is 3.81. The van der Waals surface area contributed by atoms with Crippen LogP contribution in [0.1, 0.15) is 6.92 Å². The van der Waals surface area contributed by atoms with Crippen LogP contribution < -0.4 is 10.9 Å². The van der Waals surface area contributed by atoms with Gasteiger partial charge < -0.3 is 10.1 Å². The minimum absolute atomic E-state index is 0.0600. The van der Waals surface area contributed by atoms with Crippen LogP contribution in [-0.2, 0) is 16.1 Å². The highest BCUT2D eigenvalue weighted by Crippen LogP contribution is 2.33. The number of amides is 1. The SMILES string of the molecule is COC[C@H](C)NC(=O)Cn1cnc2scc(-c3cccs3)c2c1=O. The first-order valence-corrected chi connectivity index (χ1v) is 9.15. The zero-order valence-electron chi connectivity index (χ0n) is 13.3. The maximum absolute atomic E-state index is 12.8. The van der Waals surface area contributed by atoms with Crippen molar-refractivity contribution < 1.29 is 9.53 Å². The van der Waals surface area contributed by atoms with Gasteiger partial charge in [-0.25, -0.2) is 4.98 Å². The molecule has 0 unspecified atom stereocenters. The molecule has 0 bridgehead atoms. The molecule has 0 radical (unpaired) electrons. The molecule has 0 aliphatic carbocycles. The number of thiophene rings is 2. The van der Waals surface area contributed by atoms with Gasteiger partial charge in [0, 0.05) is 29.0 Å². The van der Waals surface area contributed by atoms with E-state index in [1.165, 1.54) is 22.2 Å². The molecule has 24 heavy (non-hydrogen) atoms. The second kappa shape index (κ2) is 7.25. The van der Waals surface area contributed by atoms with Crippen LogP contribution in [0.4, 0.5) is 0 Å². The zero-order chi connectivity index (χ0) is 17.1. The summed E-state index contributed by atoms with van der Waals surface area (Å²) in [6.07, 6.45) is 1.43. The van der Waals surface area contributed by atoms with E-state index in [1.807, 2.05) is 29.8 Å². The van der Waals surface area contributed by atoms with E-state index in [9.17, 15) is 9.59 Å². The molecule has 0 aliphatic heterocycles. The van der Waals surface area contributed by atoms with Crippen molar-refractivity contribution >= 4 is 38.8 Å². The molecule has 0 fully saturated rings. The van der Waals surface area contributed by atoms with Gasteiger partial charge in [-0.15, -0.1) is 22.7 Å². The topological polar surface area (TPSA) is 73.2 Å². The number of methoxy groups -OCH3 is 1. The molecule has 0 saturated carbocycles. The fourth-order valence-corrected chi connectivity index (χ4v) is 4.18. The van der Waals surface area contributed by atoms with Gasteiger partial charge in [-0.05, 0) is 18.4 Å². The van der Waals surface area contributed by atoms with Crippen molar-refractivity contribution in [3.63, 3.8) is 0 Å². The van der Waals surface area contributed by atoms with Crippen molar-refractivity contribution in [3.8, 4) is 10.4 Å². The average molecular weight is 363 g/mol. The Morgan fingerprint density at radius 3 is 3.00 bits per heavy atom. The molecule has 8 heteroatoms. The number of rotatable bonds is 6. The lowest BCUT2D eigenvalue weighted by Crippen LogP contribution is -2.39. The van der Waals surface area contributed by atoms with Gasteiger partial charge in [-0.3, -0.25) is 14.2 Å². The largest absolute Gasteiger partial charge is 0.383 e. The van der Waals surface area contributed by atoms with E-state index < -0.39 is 0 Å². The van der Waals surface area contributed by atoms with Gasteiger partial charge in [0.2, 0.25) is 5.91 Å². The van der Waals surface area contributed by atoms with Gasteiger partial charge in [-0.2, -0.15) is 0 Å². The number of hydrogen-bond donors (Lipinski definition) is 1. The van der Waals surface area contributed by atoms with Crippen LogP contribution in [0, 0.1) is 0 Å². The fraction of sp³-hybridized carbons (Fsp3) is 0.312. The van der Waals surface area contributed by atoms with Crippen LogP contribution in [-0.4, -0.2) is 35.2 Å². The molecule has 1 atom stereocenters. The van der Waals surface area contributed by atoms with Crippen LogP contribution in [0.25, 0.3) is 20.7 Å². The van der Waals surface area contributed by atoms with E-state index >= 15 is 0 Å². The first-order chi connectivity index (χ1) is 11.6. The highest BCUT2D eigenvalue weighted by Gasteiger charge is 2.15. The smallest absolute Gasteiger partial charge is 0.263 e. The molecule has 3 aromatic rings. The van der Waals surface area contributed by atoms with Gasteiger partial charge in [-0.1, -0.05) is 6.07 Å². The van der Waals surface area contributed by atoms with Crippen LogP contribution in [0.3, 0.4) is 0 Å². The number of nitrogens with zero attached hydrogens (tertiary/aromatic N) is 2. The number of carbonyl (C=O) groups is 1. The minimum atomic E-state index is -0.240. The Bertz CT molecular complexity index is 899. The average Bonchev–Trinajstić information content (AvgIpc) is 3.19. The third-order valence-corrected chi connectivity index (χ3v) is 5.27. The quantitative estimate of drug-likeness (QED) is 0.730. The summed E-state index contributed by atoms with van der Waals surface area (Å²) in [5.74, 6) is -0.240. The molecule has 1 N–H and O–H groups in total. The second-order valence-corrected chi connectivity index (χ2v) is 7.21. The van der Waals surface area contributed by atoms with E-state index in [0.29, 0.717) is 16.8 Å². The first kappa shape index (κ1) is 16.8. The first-order valence-electron chi connectivity index (χ1n) is 7.39. The van der Waals surface area contributed by atoms with Crippen molar-refractivity contribution in [2.75, 3.05) is 13.7 Å². The van der Waals surface area contributed by atoms with E-state index in [-0.39, 0.29) is 24.1 Å². The molecular weight excluding hydrogens is 346 g/mol. The van der Waals surface area contributed by atoms with Crippen LogP contribution in [0.2, 0.25) is 0 Å². The van der Waals surface area contributed by atoms with Crippen molar-refractivity contribution in [2.45, 2.75) is 19.5 Å². The molecule has 0 saturated heterocycles. The summed E-state index contributed by atoms with van der Waals surface area (Å²) >= 11 is 3.01. The van der Waals surface area contributed by atoms with Gasteiger partial charge in [0.25, 0.3) is 5.56 Å². The lowest BCUT2D eigenvalue weighted by Gasteiger charge is -2.13. The maximum atomic E-state index is 12.8. The second-order valence-electron chi connectivity index (χ2n) is 5.41. The predicted molar refractivity (Wildman–Crippen MR) is 96.7 cm³/mol. The summed E-state index contributed by atoms with van der Waals surface area (Å²) in [5, 5.41) is 7.28. The number of aromatic nitrogens is 2. The van der Waals surface area contributed by atoms with Crippen molar-refractivity contribution in [1.82, 2.24) is 14.9 Å². The molecular formula is C16H17N3O3S2. The highest BCUT2D eigenvalue weighted by atomic mass is 32.1. The van der Waals surface area contributed by atoms with Crippen LogP contribution in [0.15, 0.2) is 34.0 Å². The number of carbonyl (C=O) groups excluding carboxylic acids is 1. The summed E-state index contributed by atoms with van der Waals surface area (Å²) in [6.45, 7) is 2.21. The highest BCUT2D eigenvalue weighted by molar-refractivity contribution is 7.18. The molecule has 3 aromatic heterocycles. The third kappa shape index (κ3) is 3.40. The lowest BCUT2D eigenvalue weighted by atomic mass is 10.2. The Hall–Kier alpha value is -2.03. The summed E-state index contributed by atoms with van der Waals surface area (Å²) < 4.78 is 6.34. The zero-order valence-corrected chi connectivity index (χ0v) is 14.9. The Kier molecular flexibility index (Phi) is 5.08.